The van der Waals surface area contributed by atoms with Crippen LogP contribution in [-0.2, 0) is 21.4 Å². The van der Waals surface area contributed by atoms with Gasteiger partial charge in [0.05, 0.1) is 4.90 Å². The number of amides is 1. The van der Waals surface area contributed by atoms with Gasteiger partial charge >= 0.3 is 0 Å². The molecular weight excluding hydrogens is 399 g/mol. The summed E-state index contributed by atoms with van der Waals surface area (Å²) in [5.41, 5.74) is 0.420. The molecule has 0 aliphatic carbocycles. The zero-order valence-corrected chi connectivity index (χ0v) is 16.5. The standard InChI is InChI=1S/C20H21FN2O5S/c21-17-4-2-1-3-15(17)12-22-20(24)14-7-9-23(10-8-14)29(25,26)16-5-6-18-19(11-16)28-13-27-18/h1-6,11,14H,7-10,12-13H2,(H,22,24). The highest BCUT2D eigenvalue weighted by molar-refractivity contribution is 7.89. The average molecular weight is 420 g/mol. The lowest BCUT2D eigenvalue weighted by atomic mass is 9.97. The Balaban J connectivity index is 1.35. The summed E-state index contributed by atoms with van der Waals surface area (Å²) in [6, 6.07) is 10.8. The largest absolute Gasteiger partial charge is 0.454 e. The zero-order valence-electron chi connectivity index (χ0n) is 15.6. The molecule has 7 nitrogen and oxygen atoms in total. The number of nitrogens with zero attached hydrogens (tertiary/aromatic N) is 1. The molecular formula is C20H21FN2O5S. The van der Waals surface area contributed by atoms with Crippen molar-refractivity contribution < 1.29 is 27.1 Å². The maximum Gasteiger partial charge on any atom is 0.243 e. The second-order valence-corrected chi connectivity index (χ2v) is 8.94. The third-order valence-electron chi connectivity index (χ3n) is 5.22. The van der Waals surface area contributed by atoms with Gasteiger partial charge in [-0.2, -0.15) is 4.31 Å². The first-order valence-electron chi connectivity index (χ1n) is 9.36. The minimum absolute atomic E-state index is 0.0756. The highest BCUT2D eigenvalue weighted by atomic mass is 32.2. The van der Waals surface area contributed by atoms with Crippen LogP contribution in [0.15, 0.2) is 47.4 Å². The van der Waals surface area contributed by atoms with Gasteiger partial charge in [0.15, 0.2) is 11.5 Å². The Hall–Kier alpha value is -2.65. The average Bonchev–Trinajstić information content (AvgIpc) is 3.21. The summed E-state index contributed by atoms with van der Waals surface area (Å²) in [5.74, 6) is 0.0819. The molecule has 0 unspecified atom stereocenters. The van der Waals surface area contributed by atoms with Crippen molar-refractivity contribution in [2.75, 3.05) is 19.9 Å². The van der Waals surface area contributed by atoms with E-state index in [2.05, 4.69) is 5.32 Å². The molecule has 2 aliphatic heterocycles. The summed E-state index contributed by atoms with van der Waals surface area (Å²) in [5, 5.41) is 2.75. The molecule has 2 aromatic carbocycles. The fraction of sp³-hybridized carbons (Fsp3) is 0.350. The summed E-state index contributed by atoms with van der Waals surface area (Å²) < 4.78 is 51.3. The number of carbonyl (C=O) groups excluding carboxylic acids is 1. The number of halogens is 1. The second-order valence-electron chi connectivity index (χ2n) is 7.00. The number of carbonyl (C=O) groups is 1. The summed E-state index contributed by atoms with van der Waals surface area (Å²) in [4.78, 5) is 12.5. The van der Waals surface area contributed by atoms with Gasteiger partial charge in [-0.15, -0.1) is 0 Å². The molecule has 2 heterocycles. The van der Waals surface area contributed by atoms with Gasteiger partial charge in [0.25, 0.3) is 0 Å². The Labute approximate surface area is 168 Å². The number of sulfonamides is 1. The monoisotopic (exact) mass is 420 g/mol. The molecule has 29 heavy (non-hydrogen) atoms. The molecule has 1 saturated heterocycles. The van der Waals surface area contributed by atoms with Crippen molar-refractivity contribution in [1.29, 1.82) is 0 Å². The van der Waals surface area contributed by atoms with Crippen LogP contribution in [0.4, 0.5) is 4.39 Å². The number of piperidine rings is 1. The number of rotatable bonds is 5. The minimum Gasteiger partial charge on any atom is -0.454 e. The molecule has 2 aliphatic rings. The van der Waals surface area contributed by atoms with Gasteiger partial charge in [0.2, 0.25) is 22.7 Å². The topological polar surface area (TPSA) is 84.9 Å². The van der Waals surface area contributed by atoms with Gasteiger partial charge in [-0.1, -0.05) is 18.2 Å². The Morgan fingerprint density at radius 1 is 1.10 bits per heavy atom. The van der Waals surface area contributed by atoms with E-state index in [-0.39, 0.29) is 49.0 Å². The molecule has 0 spiro atoms. The normalized spacial score (nSPS) is 17.3. The SMILES string of the molecule is O=C(NCc1ccccc1F)C1CCN(S(=O)(=O)c2ccc3c(c2)OCO3)CC1. The predicted molar refractivity (Wildman–Crippen MR) is 102 cm³/mol. The van der Waals surface area contributed by atoms with Crippen LogP contribution in [0.5, 0.6) is 11.5 Å². The van der Waals surface area contributed by atoms with E-state index < -0.39 is 10.0 Å². The van der Waals surface area contributed by atoms with Crippen molar-refractivity contribution in [1.82, 2.24) is 9.62 Å². The van der Waals surface area contributed by atoms with Crippen molar-refractivity contribution in [2.24, 2.45) is 5.92 Å². The van der Waals surface area contributed by atoms with E-state index in [1.165, 1.54) is 22.5 Å². The molecule has 1 N–H and O–H groups in total. The van der Waals surface area contributed by atoms with Crippen LogP contribution in [0.2, 0.25) is 0 Å². The molecule has 9 heteroatoms. The van der Waals surface area contributed by atoms with Crippen LogP contribution in [0.3, 0.4) is 0 Å². The quantitative estimate of drug-likeness (QED) is 0.802. The number of fused-ring (bicyclic) bond motifs is 1. The Morgan fingerprint density at radius 2 is 1.83 bits per heavy atom. The van der Waals surface area contributed by atoms with E-state index in [0.717, 1.165) is 0 Å². The first kappa shape index (κ1) is 19.7. The van der Waals surface area contributed by atoms with Crippen molar-refractivity contribution in [3.63, 3.8) is 0 Å². The fourth-order valence-corrected chi connectivity index (χ4v) is 5.00. The molecule has 0 atom stereocenters. The lowest BCUT2D eigenvalue weighted by molar-refractivity contribution is -0.126. The van der Waals surface area contributed by atoms with Crippen molar-refractivity contribution in [3.05, 3.63) is 53.8 Å². The van der Waals surface area contributed by atoms with E-state index >= 15 is 0 Å². The van der Waals surface area contributed by atoms with Crippen LogP contribution in [0.25, 0.3) is 0 Å². The van der Waals surface area contributed by atoms with Crippen molar-refractivity contribution >= 4 is 15.9 Å². The third kappa shape index (κ3) is 4.06. The molecule has 0 bridgehead atoms. The second kappa shape index (κ2) is 8.00. The van der Waals surface area contributed by atoms with Crippen molar-refractivity contribution in [3.8, 4) is 11.5 Å². The van der Waals surface area contributed by atoms with Crippen molar-refractivity contribution in [2.45, 2.75) is 24.3 Å². The molecule has 2 aromatic rings. The number of hydrogen-bond donors (Lipinski definition) is 1. The van der Waals surface area contributed by atoms with E-state index in [1.807, 2.05) is 0 Å². The summed E-state index contributed by atoms with van der Waals surface area (Å²) in [7, 11) is -3.68. The maximum atomic E-state index is 13.7. The number of hydrogen-bond acceptors (Lipinski definition) is 5. The summed E-state index contributed by atoms with van der Waals surface area (Å²) >= 11 is 0. The molecule has 4 rings (SSSR count). The molecule has 0 radical (unpaired) electrons. The van der Waals surface area contributed by atoms with Gasteiger partial charge in [0.1, 0.15) is 5.82 Å². The maximum absolute atomic E-state index is 13.7. The van der Waals surface area contributed by atoms with Crippen LogP contribution in [0, 0.1) is 11.7 Å². The van der Waals surface area contributed by atoms with E-state index in [4.69, 9.17) is 9.47 Å². The Kier molecular flexibility index (Phi) is 5.42. The minimum atomic E-state index is -3.68. The van der Waals surface area contributed by atoms with Gasteiger partial charge in [-0.05, 0) is 31.0 Å². The summed E-state index contributed by atoms with van der Waals surface area (Å²) in [6.07, 6.45) is 0.819. The van der Waals surface area contributed by atoms with Crippen LogP contribution in [0.1, 0.15) is 18.4 Å². The van der Waals surface area contributed by atoms with Gasteiger partial charge in [-0.3, -0.25) is 4.79 Å². The molecule has 0 saturated carbocycles. The molecule has 154 valence electrons. The number of nitrogens with one attached hydrogen (secondary N) is 1. The fourth-order valence-electron chi connectivity index (χ4n) is 3.51. The van der Waals surface area contributed by atoms with Crippen LogP contribution in [-0.4, -0.2) is 38.5 Å². The Morgan fingerprint density at radius 3 is 2.59 bits per heavy atom. The predicted octanol–water partition coefficient (Wildman–Crippen LogP) is 2.27. The van der Waals surface area contributed by atoms with Gasteiger partial charge in [0, 0.05) is 37.2 Å². The Bertz CT molecular complexity index is 1020. The first-order chi connectivity index (χ1) is 13.9. The van der Waals surface area contributed by atoms with E-state index in [9.17, 15) is 17.6 Å². The van der Waals surface area contributed by atoms with E-state index in [0.29, 0.717) is 29.9 Å². The molecule has 0 aromatic heterocycles. The zero-order chi connectivity index (χ0) is 20.4. The first-order valence-corrected chi connectivity index (χ1v) is 10.8. The third-order valence-corrected chi connectivity index (χ3v) is 7.11. The van der Waals surface area contributed by atoms with E-state index in [1.54, 1.807) is 24.3 Å². The lowest BCUT2D eigenvalue weighted by Crippen LogP contribution is -2.42. The number of benzene rings is 2. The number of ether oxygens (including phenoxy) is 2. The summed E-state index contributed by atoms with van der Waals surface area (Å²) in [6.45, 7) is 0.677. The molecule has 1 fully saturated rings. The highest BCUT2D eigenvalue weighted by Gasteiger charge is 2.33. The van der Waals surface area contributed by atoms with Crippen LogP contribution < -0.4 is 14.8 Å². The lowest BCUT2D eigenvalue weighted by Gasteiger charge is -2.30. The molecule has 1 amide bonds. The van der Waals surface area contributed by atoms with Crippen LogP contribution >= 0.6 is 0 Å². The van der Waals surface area contributed by atoms with Gasteiger partial charge < -0.3 is 14.8 Å². The van der Waals surface area contributed by atoms with Gasteiger partial charge in [-0.25, -0.2) is 12.8 Å². The smallest absolute Gasteiger partial charge is 0.243 e. The highest BCUT2D eigenvalue weighted by Crippen LogP contribution is 2.35.